The van der Waals surface area contributed by atoms with Gasteiger partial charge >= 0.3 is 5.69 Å². The fourth-order valence-corrected chi connectivity index (χ4v) is 9.81. The molecule has 0 aliphatic carbocycles. The quantitative estimate of drug-likeness (QED) is 0.0904. The maximum absolute atomic E-state index is 14.1. The molecule has 3 aromatic carbocycles. The number of unbranched alkanes of at least 4 members (excludes halogenated alkanes) is 3. The lowest BCUT2D eigenvalue weighted by molar-refractivity contribution is -0.147. The molecule has 5 N–H and O–H groups in total. The molecule has 0 bridgehead atoms. The number of carbonyl (C=O) groups excluding carboxylic acids is 7. The highest BCUT2D eigenvalue weighted by molar-refractivity contribution is 6.00. The summed E-state index contributed by atoms with van der Waals surface area (Å²) < 4.78 is 3.07. The van der Waals surface area contributed by atoms with Gasteiger partial charge in [-0.2, -0.15) is 0 Å². The van der Waals surface area contributed by atoms with E-state index in [-0.39, 0.29) is 61.7 Å². The van der Waals surface area contributed by atoms with Crippen molar-refractivity contribution in [1.29, 1.82) is 0 Å². The average molecular weight is 889 g/mol. The van der Waals surface area contributed by atoms with Gasteiger partial charge in [-0.15, -0.1) is 0 Å². The molecule has 1 unspecified atom stereocenters. The average Bonchev–Trinajstić information content (AvgIpc) is 3.83. The summed E-state index contributed by atoms with van der Waals surface area (Å²) in [6.07, 6.45) is 6.09. The van der Waals surface area contributed by atoms with Gasteiger partial charge < -0.3 is 26.2 Å². The van der Waals surface area contributed by atoms with Gasteiger partial charge in [-0.05, 0) is 74.1 Å². The van der Waals surface area contributed by atoms with Crippen molar-refractivity contribution in [1.82, 2.24) is 34.9 Å². The van der Waals surface area contributed by atoms with E-state index in [0.29, 0.717) is 50.6 Å². The zero-order valence-electron chi connectivity index (χ0n) is 37.2. The van der Waals surface area contributed by atoms with Crippen LogP contribution in [0.4, 0.5) is 0 Å². The van der Waals surface area contributed by atoms with Crippen LogP contribution >= 0.6 is 0 Å². The number of benzene rings is 3. The fourth-order valence-electron chi connectivity index (χ4n) is 9.81. The van der Waals surface area contributed by atoms with Crippen LogP contribution in [0.1, 0.15) is 113 Å². The Hall–Kier alpha value is -6.58. The Balaban J connectivity index is 0.910. The number of rotatable bonds is 17. The number of aromatic nitrogens is 2. The highest BCUT2D eigenvalue weighted by Gasteiger charge is 2.44. The molecule has 65 heavy (non-hydrogen) atoms. The number of carbonyl (C=O) groups is 7. The summed E-state index contributed by atoms with van der Waals surface area (Å²) in [7, 11) is 1.70. The van der Waals surface area contributed by atoms with Crippen molar-refractivity contribution in [2.75, 3.05) is 13.1 Å². The fraction of sp³-hybridized carbons (Fsp3) is 0.469. The number of imide groups is 1. The Kier molecular flexibility index (Phi) is 15.0. The first kappa shape index (κ1) is 46.4. The Morgan fingerprint density at radius 2 is 1.49 bits per heavy atom. The van der Waals surface area contributed by atoms with E-state index in [4.69, 9.17) is 5.73 Å². The summed E-state index contributed by atoms with van der Waals surface area (Å²) in [5, 5.41) is 8.30. The van der Waals surface area contributed by atoms with Crippen molar-refractivity contribution in [3.05, 3.63) is 106 Å². The molecule has 0 radical (unpaired) electrons. The molecule has 0 saturated carbocycles. The van der Waals surface area contributed by atoms with Crippen LogP contribution < -0.4 is 27.4 Å². The lowest BCUT2D eigenvalue weighted by Gasteiger charge is -2.38. The van der Waals surface area contributed by atoms with Crippen LogP contribution in [0.5, 0.6) is 0 Å². The summed E-state index contributed by atoms with van der Waals surface area (Å²) >= 11 is 0. The van der Waals surface area contributed by atoms with Gasteiger partial charge in [0.05, 0.1) is 23.0 Å². The van der Waals surface area contributed by atoms with Crippen LogP contribution in [0.25, 0.3) is 11.0 Å². The molecular weight excluding hydrogens is 829 g/mol. The molecule has 7 amide bonds. The number of fused-ring (bicyclic) bond motifs is 2. The number of nitrogens with one attached hydrogen (secondary N) is 3. The molecule has 1 aromatic heterocycles. The summed E-state index contributed by atoms with van der Waals surface area (Å²) in [6, 6.07) is 21.2. The van der Waals surface area contributed by atoms with Crippen LogP contribution in [0.15, 0.2) is 83.7 Å². The Bertz CT molecular complexity index is 2430. The van der Waals surface area contributed by atoms with Crippen LogP contribution in [0.2, 0.25) is 0 Å². The molecule has 3 aliphatic rings. The van der Waals surface area contributed by atoms with Gasteiger partial charge in [-0.3, -0.25) is 48.0 Å². The standard InChI is InChI=1S/C49H60N8O8/c1-31-30-55(42(60)21-12-4-3-7-18-34-19-13-20-37-44(34)54(2)49(65)57(37)39-25-27-41(59)52-47(39)63)29-28-35-22-24-38(56(35)48(31)64)46(62)51-36(23-26-40(50)58)45(61)53-43(32-14-8-5-9-15-32)33-16-10-6-11-17-33/h5-6,8-11,13-17,19-20,31,35-36,38-39,43H,3-4,7,12,18,21-30H2,1-2H3,(H2,50,58)(H,51,62)(H,53,61)(H,52,59,63)/t31-,35+,36-,38-,39?/m0/s1. The van der Waals surface area contributed by atoms with E-state index in [0.717, 1.165) is 41.5 Å². The second-order valence-electron chi connectivity index (χ2n) is 17.7. The number of hydrogen-bond donors (Lipinski definition) is 4. The van der Waals surface area contributed by atoms with Crippen LogP contribution in [-0.2, 0) is 47.0 Å². The number of amides is 7. The van der Waals surface area contributed by atoms with Crippen molar-refractivity contribution in [2.24, 2.45) is 18.7 Å². The number of nitrogens with two attached hydrogens (primary N) is 1. The van der Waals surface area contributed by atoms with E-state index in [2.05, 4.69) is 16.0 Å². The third-order valence-electron chi connectivity index (χ3n) is 13.2. The number of nitrogens with zero attached hydrogens (tertiary/aromatic N) is 4. The molecule has 16 nitrogen and oxygen atoms in total. The highest BCUT2D eigenvalue weighted by Crippen LogP contribution is 2.32. The minimum Gasteiger partial charge on any atom is -0.370 e. The predicted molar refractivity (Wildman–Crippen MR) is 243 cm³/mol. The van der Waals surface area contributed by atoms with E-state index in [1.165, 1.54) is 4.57 Å². The van der Waals surface area contributed by atoms with Crippen molar-refractivity contribution in [3.8, 4) is 0 Å². The second kappa shape index (κ2) is 20.9. The smallest absolute Gasteiger partial charge is 0.329 e. The number of imidazole rings is 1. The lowest BCUT2D eigenvalue weighted by atomic mass is 9.98. The number of primary amides is 1. The largest absolute Gasteiger partial charge is 0.370 e. The molecule has 3 saturated heterocycles. The van der Waals surface area contributed by atoms with Crippen molar-refractivity contribution < 1.29 is 33.6 Å². The Morgan fingerprint density at radius 1 is 0.800 bits per heavy atom. The second-order valence-corrected chi connectivity index (χ2v) is 17.7. The molecule has 4 aromatic rings. The van der Waals surface area contributed by atoms with Gasteiger partial charge in [-0.25, -0.2) is 4.79 Å². The SMILES string of the molecule is C[C@H]1CN(C(=O)CCCCCCc2cccc3c2n(C)c(=O)n3C2CCC(=O)NC2=O)CC[C@H]2CC[C@@H](C(=O)N[C@@H](CCC(N)=O)C(=O)NC(c3ccccc3)c3ccccc3)N2C1=O. The van der Waals surface area contributed by atoms with Crippen molar-refractivity contribution in [3.63, 3.8) is 0 Å². The Morgan fingerprint density at radius 3 is 2.17 bits per heavy atom. The molecule has 0 spiro atoms. The van der Waals surface area contributed by atoms with E-state index in [9.17, 15) is 38.4 Å². The highest BCUT2D eigenvalue weighted by atomic mass is 16.2. The third-order valence-corrected chi connectivity index (χ3v) is 13.2. The maximum atomic E-state index is 14.1. The number of para-hydroxylation sites is 1. The normalized spacial score (nSPS) is 20.5. The predicted octanol–water partition coefficient (Wildman–Crippen LogP) is 3.69. The molecule has 4 heterocycles. The zero-order chi connectivity index (χ0) is 46.2. The van der Waals surface area contributed by atoms with Crippen molar-refractivity contribution >= 4 is 52.4 Å². The monoisotopic (exact) mass is 888 g/mol. The van der Waals surface area contributed by atoms with E-state index >= 15 is 0 Å². The maximum Gasteiger partial charge on any atom is 0.329 e. The first-order valence-electron chi connectivity index (χ1n) is 22.9. The minimum atomic E-state index is -1.08. The van der Waals surface area contributed by atoms with Gasteiger partial charge in [0.2, 0.25) is 41.4 Å². The van der Waals surface area contributed by atoms with E-state index in [1.807, 2.05) is 78.9 Å². The van der Waals surface area contributed by atoms with Gasteiger partial charge in [0.1, 0.15) is 18.1 Å². The molecule has 3 fully saturated rings. The lowest BCUT2D eigenvalue weighted by Crippen LogP contribution is -2.57. The van der Waals surface area contributed by atoms with Gasteiger partial charge in [0, 0.05) is 45.4 Å². The molecular formula is C49H60N8O8. The van der Waals surface area contributed by atoms with Crippen molar-refractivity contribution in [2.45, 2.75) is 121 Å². The van der Waals surface area contributed by atoms with Crippen LogP contribution in [0, 0.1) is 5.92 Å². The van der Waals surface area contributed by atoms with Gasteiger partial charge in [-0.1, -0.05) is 92.6 Å². The number of aryl methyl sites for hydroxylation is 2. The zero-order valence-corrected chi connectivity index (χ0v) is 37.2. The third kappa shape index (κ3) is 10.7. The Labute approximate surface area is 378 Å². The topological polar surface area (TPSA) is 215 Å². The molecule has 16 heteroatoms. The van der Waals surface area contributed by atoms with E-state index in [1.54, 1.807) is 28.3 Å². The first-order chi connectivity index (χ1) is 31.3. The van der Waals surface area contributed by atoms with E-state index < -0.39 is 53.7 Å². The summed E-state index contributed by atoms with van der Waals surface area (Å²) in [6.45, 7) is 2.47. The molecule has 5 atom stereocenters. The number of hydrogen-bond acceptors (Lipinski definition) is 8. The van der Waals surface area contributed by atoms with Gasteiger partial charge in [0.15, 0.2) is 0 Å². The first-order valence-corrected chi connectivity index (χ1v) is 22.9. The molecule has 344 valence electrons. The summed E-state index contributed by atoms with van der Waals surface area (Å²) in [5.74, 6) is -3.11. The van der Waals surface area contributed by atoms with Crippen LogP contribution in [0.3, 0.4) is 0 Å². The van der Waals surface area contributed by atoms with Crippen LogP contribution in [-0.4, -0.2) is 91.5 Å². The summed E-state index contributed by atoms with van der Waals surface area (Å²) in [5.41, 5.74) is 9.31. The molecule has 7 rings (SSSR count). The molecule has 3 aliphatic heterocycles. The summed E-state index contributed by atoms with van der Waals surface area (Å²) in [4.78, 5) is 109. The number of piperidine rings is 1. The minimum absolute atomic E-state index is 0.00689. The van der Waals surface area contributed by atoms with Gasteiger partial charge in [0.25, 0.3) is 0 Å².